The van der Waals surface area contributed by atoms with Crippen molar-refractivity contribution in [1.82, 2.24) is 5.32 Å². The van der Waals surface area contributed by atoms with E-state index >= 15 is 0 Å². The zero-order valence-electron chi connectivity index (χ0n) is 23.4. The van der Waals surface area contributed by atoms with Crippen molar-refractivity contribution >= 4 is 33.2 Å². The van der Waals surface area contributed by atoms with Crippen LogP contribution < -0.4 is 5.32 Å². The van der Waals surface area contributed by atoms with E-state index in [1.165, 1.54) is 30.6 Å². The molecule has 1 aromatic heterocycles. The second kappa shape index (κ2) is 10.5. The smallest absolute Gasteiger partial charge is 0.220 e. The van der Waals surface area contributed by atoms with Crippen molar-refractivity contribution in [3.05, 3.63) is 20.8 Å². The largest absolute Gasteiger partial charge is 0.393 e. The number of fused-ring (bicyclic) bond motifs is 5. The van der Waals surface area contributed by atoms with Gasteiger partial charge in [-0.15, -0.1) is 11.3 Å². The van der Waals surface area contributed by atoms with Crippen molar-refractivity contribution < 1.29 is 15.0 Å². The predicted molar refractivity (Wildman–Crippen MR) is 154 cm³/mol. The first-order valence-corrected chi connectivity index (χ1v) is 16.5. The quantitative estimate of drug-likeness (QED) is 0.323. The summed E-state index contributed by atoms with van der Waals surface area (Å²) in [5.41, 5.74) is 0.464. The topological polar surface area (TPSA) is 69.6 Å². The van der Waals surface area contributed by atoms with Crippen LogP contribution in [-0.2, 0) is 4.79 Å². The second-order valence-electron chi connectivity index (χ2n) is 14.1. The molecule has 4 nitrogen and oxygen atoms in total. The molecular weight excluding hydrogens is 546 g/mol. The number of halogens is 1. The first-order valence-electron chi connectivity index (χ1n) is 14.8. The fraction of sp³-hybridized carbons (Fsp3) is 0.839. The number of hydrogen-bond donors (Lipinski definition) is 3. The zero-order valence-corrected chi connectivity index (χ0v) is 25.8. The van der Waals surface area contributed by atoms with Gasteiger partial charge in [0.2, 0.25) is 5.91 Å². The van der Waals surface area contributed by atoms with Gasteiger partial charge < -0.3 is 15.5 Å². The molecule has 4 saturated carbocycles. The Labute approximate surface area is 236 Å². The van der Waals surface area contributed by atoms with Crippen LogP contribution in [0.2, 0.25) is 0 Å². The van der Waals surface area contributed by atoms with Gasteiger partial charge in [0, 0.05) is 11.3 Å². The van der Waals surface area contributed by atoms with Crippen LogP contribution in [0.4, 0.5) is 0 Å². The second-order valence-corrected chi connectivity index (χ2v) is 16.6. The number of carbonyl (C=O) groups is 1. The van der Waals surface area contributed by atoms with Gasteiger partial charge in [-0.2, -0.15) is 0 Å². The Morgan fingerprint density at radius 3 is 2.43 bits per heavy atom. The maximum absolute atomic E-state index is 13.3. The molecule has 1 amide bonds. The Balaban J connectivity index is 1.27. The normalized spacial score (nSPS) is 43.0. The molecule has 0 bridgehead atoms. The maximum Gasteiger partial charge on any atom is 0.220 e. The summed E-state index contributed by atoms with van der Waals surface area (Å²) < 4.78 is 1.10. The van der Waals surface area contributed by atoms with E-state index in [0.29, 0.717) is 47.8 Å². The van der Waals surface area contributed by atoms with Gasteiger partial charge in [-0.05, 0) is 132 Å². The van der Waals surface area contributed by atoms with Gasteiger partial charge in [0.15, 0.2) is 0 Å². The van der Waals surface area contributed by atoms with E-state index in [9.17, 15) is 15.0 Å². The molecule has 208 valence electrons. The van der Waals surface area contributed by atoms with Crippen molar-refractivity contribution in [1.29, 1.82) is 0 Å². The first-order chi connectivity index (χ1) is 17.4. The minimum atomic E-state index is -0.243. The van der Waals surface area contributed by atoms with Gasteiger partial charge in [-0.25, -0.2) is 0 Å². The minimum Gasteiger partial charge on any atom is -0.393 e. The Kier molecular flexibility index (Phi) is 7.99. The number of thiophene rings is 1. The van der Waals surface area contributed by atoms with Crippen molar-refractivity contribution in [2.45, 2.75) is 111 Å². The highest BCUT2D eigenvalue weighted by Crippen LogP contribution is 2.68. The summed E-state index contributed by atoms with van der Waals surface area (Å²) in [4.78, 5) is 14.5. The fourth-order valence-electron chi connectivity index (χ4n) is 9.90. The van der Waals surface area contributed by atoms with E-state index in [1.807, 2.05) is 0 Å². The average Bonchev–Trinajstić information content (AvgIpc) is 3.41. The van der Waals surface area contributed by atoms with Crippen LogP contribution in [0.5, 0.6) is 0 Å². The molecule has 5 rings (SSSR count). The van der Waals surface area contributed by atoms with Crippen molar-refractivity contribution in [2.75, 3.05) is 0 Å². The van der Waals surface area contributed by atoms with Gasteiger partial charge in [0.1, 0.15) is 0 Å². The number of rotatable bonds is 6. The molecule has 11 atom stereocenters. The van der Waals surface area contributed by atoms with Crippen LogP contribution in [-0.4, -0.2) is 28.3 Å². The number of amides is 1. The summed E-state index contributed by atoms with van der Waals surface area (Å²) in [6.45, 7) is 11.6. The standard InChI is InChI=1S/C31H48BrNO3S/c1-17(2)29(25-8-9-26(32)37-25)33-27(36)14-18(3)21-6-7-22-28-23(11-13-31(21,22)5)30(4)12-10-20(34)15-19(30)16-24(28)35/h8-9,17-24,28-29,34-35H,6-7,10-16H2,1-5H3,(H,33,36)/t18-,19+,20-,21-,22+,23+,24+,28+,29-,30+,31-/m1/s1. The van der Waals surface area contributed by atoms with Gasteiger partial charge in [0.25, 0.3) is 0 Å². The number of aliphatic hydroxyl groups excluding tert-OH is 2. The number of aliphatic hydroxyl groups is 2. The molecule has 4 aliphatic carbocycles. The van der Waals surface area contributed by atoms with Crippen molar-refractivity contribution in [3.8, 4) is 0 Å². The first kappa shape index (κ1) is 28.1. The highest BCUT2D eigenvalue weighted by molar-refractivity contribution is 9.11. The summed E-state index contributed by atoms with van der Waals surface area (Å²) >= 11 is 5.28. The van der Waals surface area contributed by atoms with Crippen LogP contribution >= 0.6 is 27.3 Å². The summed E-state index contributed by atoms with van der Waals surface area (Å²) in [7, 11) is 0. The lowest BCUT2D eigenvalue weighted by atomic mass is 9.43. The highest BCUT2D eigenvalue weighted by Gasteiger charge is 2.62. The summed E-state index contributed by atoms with van der Waals surface area (Å²) in [6, 6.07) is 4.24. The summed E-state index contributed by atoms with van der Waals surface area (Å²) in [6.07, 6.45) is 8.67. The van der Waals surface area contributed by atoms with Crippen LogP contribution in [0.1, 0.15) is 103 Å². The Morgan fingerprint density at radius 2 is 1.76 bits per heavy atom. The number of hydrogen-bond acceptors (Lipinski definition) is 4. The van der Waals surface area contributed by atoms with Gasteiger partial charge in [-0.3, -0.25) is 4.79 Å². The van der Waals surface area contributed by atoms with Crippen LogP contribution in [0.25, 0.3) is 0 Å². The average molecular weight is 595 g/mol. The predicted octanol–water partition coefficient (Wildman–Crippen LogP) is 7.34. The fourth-order valence-corrected chi connectivity index (χ4v) is 11.6. The molecule has 1 aromatic rings. The molecule has 0 saturated heterocycles. The number of nitrogens with one attached hydrogen (secondary N) is 1. The molecule has 1 heterocycles. The molecule has 0 unspecified atom stereocenters. The molecular formula is C31H48BrNO3S. The van der Waals surface area contributed by atoms with E-state index in [4.69, 9.17) is 0 Å². The van der Waals surface area contributed by atoms with Gasteiger partial charge >= 0.3 is 0 Å². The third kappa shape index (κ3) is 5.00. The Bertz CT molecular complexity index is 981. The molecule has 0 spiro atoms. The Hall–Kier alpha value is -0.430. The van der Waals surface area contributed by atoms with Crippen LogP contribution in [0.15, 0.2) is 15.9 Å². The van der Waals surface area contributed by atoms with E-state index < -0.39 is 0 Å². The Morgan fingerprint density at radius 1 is 1.05 bits per heavy atom. The van der Waals surface area contributed by atoms with E-state index in [1.54, 1.807) is 11.3 Å². The zero-order chi connectivity index (χ0) is 26.7. The van der Waals surface area contributed by atoms with Crippen molar-refractivity contribution in [3.63, 3.8) is 0 Å². The van der Waals surface area contributed by atoms with Gasteiger partial charge in [-0.1, -0.05) is 34.6 Å². The van der Waals surface area contributed by atoms with E-state index in [-0.39, 0.29) is 35.0 Å². The summed E-state index contributed by atoms with van der Waals surface area (Å²) in [5.74, 6) is 3.33. The molecule has 4 aliphatic rings. The maximum atomic E-state index is 13.3. The lowest BCUT2D eigenvalue weighted by Gasteiger charge is -2.62. The minimum absolute atomic E-state index is 0.0541. The highest BCUT2D eigenvalue weighted by atomic mass is 79.9. The molecule has 0 aromatic carbocycles. The molecule has 37 heavy (non-hydrogen) atoms. The van der Waals surface area contributed by atoms with Gasteiger partial charge in [0.05, 0.1) is 22.0 Å². The molecule has 6 heteroatoms. The monoisotopic (exact) mass is 593 g/mol. The third-order valence-corrected chi connectivity index (χ3v) is 13.5. The summed E-state index contributed by atoms with van der Waals surface area (Å²) in [5, 5.41) is 25.2. The molecule has 0 radical (unpaired) electrons. The van der Waals surface area contributed by atoms with E-state index in [0.717, 1.165) is 29.5 Å². The molecule has 0 aliphatic heterocycles. The SMILES string of the molecule is CC(C)[C@@H](NC(=O)C[C@@H](C)[C@H]1CC[C@H]2[C@@H]3[C@@H](O)C[C@@H]4C[C@H](O)CC[C@]4(C)[C@H]3CC[C@]12C)c1ccc(Br)s1. The van der Waals surface area contributed by atoms with Crippen LogP contribution in [0, 0.1) is 52.3 Å². The lowest BCUT2D eigenvalue weighted by molar-refractivity contribution is -0.174. The van der Waals surface area contributed by atoms with Crippen LogP contribution in [0.3, 0.4) is 0 Å². The van der Waals surface area contributed by atoms with E-state index in [2.05, 4.69) is 68.0 Å². The van der Waals surface area contributed by atoms with Crippen molar-refractivity contribution in [2.24, 2.45) is 52.3 Å². The third-order valence-electron chi connectivity index (χ3n) is 11.8. The molecule has 4 fully saturated rings. The number of carbonyl (C=O) groups excluding carboxylic acids is 1. The lowest BCUT2D eigenvalue weighted by Crippen LogP contribution is -2.58. The molecule has 3 N–H and O–H groups in total.